The molecule has 1 aromatic heterocycles. The van der Waals surface area contributed by atoms with Crippen LogP contribution < -0.4 is 11.2 Å². The van der Waals surface area contributed by atoms with Crippen molar-refractivity contribution in [1.82, 2.24) is 10.3 Å². The average Bonchev–Trinajstić information content (AvgIpc) is 3.19. The van der Waals surface area contributed by atoms with Crippen LogP contribution in [-0.4, -0.2) is 44.3 Å². The second-order valence-electron chi connectivity index (χ2n) is 8.81. The number of nitrogens with one attached hydrogen (secondary N) is 1. The van der Waals surface area contributed by atoms with Gasteiger partial charge in [0.2, 0.25) is 0 Å². The molecule has 0 amide bonds. The monoisotopic (exact) mass is 556 g/mol. The van der Waals surface area contributed by atoms with Crippen LogP contribution in [0.2, 0.25) is 0 Å². The molecule has 0 atom stereocenters. The maximum atomic E-state index is 6.18. The van der Waals surface area contributed by atoms with Gasteiger partial charge in [0, 0.05) is 17.6 Å². The first kappa shape index (κ1) is 32.5. The van der Waals surface area contributed by atoms with E-state index in [0.29, 0.717) is 30.3 Å². The molecule has 3 N–H and O–H groups in total. The summed E-state index contributed by atoms with van der Waals surface area (Å²) in [6.07, 6.45) is 3.55. The van der Waals surface area contributed by atoms with Crippen LogP contribution in [0.3, 0.4) is 0 Å². The van der Waals surface area contributed by atoms with Crippen LogP contribution >= 0.6 is 0 Å². The number of furan rings is 1. The van der Waals surface area contributed by atoms with E-state index in [1.54, 1.807) is 6.92 Å². The number of hydrogen-bond acceptors (Lipinski definition) is 8. The molecule has 1 saturated heterocycles. The van der Waals surface area contributed by atoms with Gasteiger partial charge in [-0.1, -0.05) is 13.8 Å². The van der Waals surface area contributed by atoms with Gasteiger partial charge in [-0.15, -0.1) is 0 Å². The number of aliphatic imine (C=N–C) groups is 1. The van der Waals surface area contributed by atoms with E-state index in [4.69, 9.17) is 35.4 Å². The topological polar surface area (TPSA) is 104 Å². The zero-order valence-corrected chi connectivity index (χ0v) is 24.1. The number of piperidine rings is 1. The second-order valence-corrected chi connectivity index (χ2v) is 9.61. The van der Waals surface area contributed by atoms with E-state index in [1.165, 1.54) is 6.42 Å². The van der Waals surface area contributed by atoms with Crippen LogP contribution in [0.1, 0.15) is 86.2 Å². The van der Waals surface area contributed by atoms with Gasteiger partial charge in [0.1, 0.15) is 11.5 Å². The predicted octanol–water partition coefficient (Wildman–Crippen LogP) is 4.30. The molecule has 0 saturated carbocycles. The number of hydrogen-bond donors (Lipinski definition) is 2. The number of nitrogens with two attached hydrogens (primary N) is 1. The quantitative estimate of drug-likeness (QED) is 0.171. The van der Waals surface area contributed by atoms with Crippen molar-refractivity contribution in [2.45, 2.75) is 92.3 Å². The molecule has 1 aliphatic heterocycles. The molecular weight excluding hydrogens is 518 g/mol. The van der Waals surface area contributed by atoms with E-state index in [0.717, 1.165) is 18.6 Å². The van der Waals surface area contributed by atoms with E-state index in [9.17, 15) is 0 Å². The molecule has 0 unspecified atom stereocenters. The molecule has 8 nitrogen and oxygen atoms in total. The van der Waals surface area contributed by atoms with Crippen LogP contribution in [0.25, 0.3) is 0 Å². The van der Waals surface area contributed by atoms with Crippen molar-refractivity contribution in [3.63, 3.8) is 0 Å². The van der Waals surface area contributed by atoms with Gasteiger partial charge in [-0.3, -0.25) is 15.3 Å². The van der Waals surface area contributed by atoms with Crippen LogP contribution in [0, 0.1) is 0 Å². The van der Waals surface area contributed by atoms with Crippen molar-refractivity contribution in [2.75, 3.05) is 6.54 Å². The van der Waals surface area contributed by atoms with Gasteiger partial charge in [-0.25, -0.2) is 0 Å². The van der Waals surface area contributed by atoms with Crippen molar-refractivity contribution < 1.29 is 21.5 Å². The molecule has 34 heavy (non-hydrogen) atoms. The standard InChI is InChI=1S/C21H35N7OS2.C2H6.Cu/c1-7-23-19(31)27-25-17(14(2)24-26-18(22)30)16-10-9-15(29-16)13-28-20(3,4)11-8-12-21(28,5)6;1-2;/h9-10H,7-8,11-13H2,1-6H3,(H3,22,26,30)(H2,23,27,31);1-2H3;/q;;+2/p-2/b24-14+,25-17-;;. The van der Waals surface area contributed by atoms with E-state index >= 15 is 0 Å². The molecule has 1 radical (unpaired) electrons. The molecule has 2 rings (SSSR count). The van der Waals surface area contributed by atoms with Gasteiger partial charge in [0.05, 0.1) is 12.3 Å². The van der Waals surface area contributed by atoms with E-state index in [1.807, 2.05) is 32.9 Å². The summed E-state index contributed by atoms with van der Waals surface area (Å²) in [6, 6.07) is 3.85. The summed E-state index contributed by atoms with van der Waals surface area (Å²) < 4.78 is 6.18. The number of amidine groups is 2. The van der Waals surface area contributed by atoms with Crippen LogP contribution in [0.4, 0.5) is 0 Å². The largest absolute Gasteiger partial charge is 2.00 e. The van der Waals surface area contributed by atoms with Gasteiger partial charge < -0.3 is 35.4 Å². The Morgan fingerprint density at radius 2 is 1.71 bits per heavy atom. The number of rotatable bonds is 7. The van der Waals surface area contributed by atoms with Crippen molar-refractivity contribution >= 4 is 47.0 Å². The van der Waals surface area contributed by atoms with Crippen molar-refractivity contribution in [3.8, 4) is 0 Å². The number of nitrogens with zero attached hydrogens (tertiary/aromatic N) is 5. The molecular formula is C23H39CuN7OS2. The first-order chi connectivity index (χ1) is 15.5. The maximum Gasteiger partial charge on any atom is 2.00 e. The summed E-state index contributed by atoms with van der Waals surface area (Å²) in [7, 11) is 0. The van der Waals surface area contributed by atoms with Crippen LogP contribution in [-0.2, 0) is 48.9 Å². The summed E-state index contributed by atoms with van der Waals surface area (Å²) in [5, 5.41) is 12.4. The first-order valence-electron chi connectivity index (χ1n) is 11.4. The Bertz CT molecular complexity index is 872. The summed E-state index contributed by atoms with van der Waals surface area (Å²) in [6.45, 7) is 18.1. The Labute approximate surface area is 226 Å². The minimum Gasteiger partial charge on any atom is -0.741 e. The minimum atomic E-state index is -0.0575. The molecule has 0 spiro atoms. The number of likely N-dealkylation sites (tertiary alicyclic amines) is 1. The summed E-state index contributed by atoms with van der Waals surface area (Å²) >= 11 is 9.93. The minimum absolute atomic E-state index is 0. The van der Waals surface area contributed by atoms with Crippen molar-refractivity contribution in [1.29, 1.82) is 0 Å². The van der Waals surface area contributed by atoms with E-state index < -0.39 is 0 Å². The fraction of sp³-hybridized carbons (Fsp3) is 0.652. The fourth-order valence-electron chi connectivity index (χ4n) is 3.99. The molecule has 0 bridgehead atoms. The molecule has 0 aromatic carbocycles. The maximum absolute atomic E-state index is 6.18. The molecule has 1 aromatic rings. The predicted molar refractivity (Wildman–Crippen MR) is 145 cm³/mol. The van der Waals surface area contributed by atoms with Gasteiger partial charge in [-0.2, -0.15) is 15.3 Å². The van der Waals surface area contributed by atoms with Crippen LogP contribution in [0.15, 0.2) is 36.8 Å². The smallest absolute Gasteiger partial charge is 0.741 e. The Morgan fingerprint density at radius 1 is 1.12 bits per heavy atom. The molecule has 1 aliphatic rings. The van der Waals surface area contributed by atoms with Gasteiger partial charge in [-0.05, 0) is 83.3 Å². The van der Waals surface area contributed by atoms with Crippen LogP contribution in [0.5, 0.6) is 0 Å². The Balaban J connectivity index is 0.00000353. The molecule has 0 aliphatic carbocycles. The summed E-state index contributed by atoms with van der Waals surface area (Å²) in [5.74, 6) is 1.40. The molecule has 1 fully saturated rings. The summed E-state index contributed by atoms with van der Waals surface area (Å²) in [4.78, 5) is 6.62. The second kappa shape index (κ2) is 14.8. The third-order valence-corrected chi connectivity index (χ3v) is 5.76. The third kappa shape index (κ3) is 9.62. The van der Waals surface area contributed by atoms with E-state index in [-0.39, 0.29) is 38.5 Å². The zero-order chi connectivity index (χ0) is 25.2. The van der Waals surface area contributed by atoms with Crippen molar-refractivity contribution in [2.24, 2.45) is 26.0 Å². The Morgan fingerprint density at radius 3 is 2.24 bits per heavy atom. The molecule has 195 valence electrons. The fourth-order valence-corrected chi connectivity index (χ4v) is 4.20. The zero-order valence-electron chi connectivity index (χ0n) is 21.5. The Kier molecular flexibility index (Phi) is 14.1. The average molecular weight is 557 g/mol. The Hall–Kier alpha value is -1.52. The third-order valence-electron chi connectivity index (χ3n) is 5.45. The first-order valence-corrected chi connectivity index (χ1v) is 12.2. The normalized spacial score (nSPS) is 19.1. The van der Waals surface area contributed by atoms with Crippen molar-refractivity contribution in [3.05, 3.63) is 23.7 Å². The molecule has 11 heteroatoms. The van der Waals surface area contributed by atoms with Gasteiger partial charge in [0.15, 0.2) is 5.76 Å². The van der Waals surface area contributed by atoms with Gasteiger partial charge in [0.25, 0.3) is 0 Å². The van der Waals surface area contributed by atoms with Gasteiger partial charge >= 0.3 is 17.1 Å². The van der Waals surface area contributed by atoms with E-state index in [2.05, 4.69) is 58.3 Å². The number of hydrazone groups is 1. The molecule has 2 heterocycles. The summed E-state index contributed by atoms with van der Waals surface area (Å²) in [5.41, 5.74) is 9.32. The SMILES string of the molecule is CC.CCN=C([S-])N/N=C(/C(C)=N/N=C(/N)[S-])c1ccc(CN2C(C)(C)CCCC2(C)C)o1.[Cu+2].